The molecule has 0 unspecified atom stereocenters. The van der Waals surface area contributed by atoms with Crippen LogP contribution in [0.2, 0.25) is 0 Å². The summed E-state index contributed by atoms with van der Waals surface area (Å²) >= 11 is 0. The van der Waals surface area contributed by atoms with Gasteiger partial charge in [0, 0.05) is 24.7 Å². The lowest BCUT2D eigenvalue weighted by atomic mass is 10.1. The van der Waals surface area contributed by atoms with Crippen molar-refractivity contribution in [3.05, 3.63) is 54.1 Å². The second kappa shape index (κ2) is 9.47. The second-order valence-corrected chi connectivity index (χ2v) is 5.86. The van der Waals surface area contributed by atoms with Crippen LogP contribution in [0.1, 0.15) is 31.7 Å². The number of carbonyl (C=O) groups is 2. The predicted molar refractivity (Wildman–Crippen MR) is 99.9 cm³/mol. The molecule has 0 aliphatic carbocycles. The molecule has 0 aliphatic rings. The topological polar surface area (TPSA) is 67.4 Å². The molecule has 132 valence electrons. The van der Waals surface area contributed by atoms with Crippen molar-refractivity contribution in [2.24, 2.45) is 0 Å². The molecule has 2 amide bonds. The van der Waals surface area contributed by atoms with Gasteiger partial charge >= 0.3 is 0 Å². The molecule has 0 heterocycles. The van der Waals surface area contributed by atoms with Crippen molar-refractivity contribution in [1.29, 1.82) is 0 Å². The maximum absolute atomic E-state index is 12.0. The average Bonchev–Trinajstić information content (AvgIpc) is 2.60. The van der Waals surface area contributed by atoms with E-state index in [-0.39, 0.29) is 11.8 Å². The Morgan fingerprint density at radius 3 is 2.04 bits per heavy atom. The highest BCUT2D eigenvalue weighted by Crippen LogP contribution is 2.15. The highest BCUT2D eigenvalue weighted by Gasteiger charge is 2.03. The van der Waals surface area contributed by atoms with Crippen molar-refractivity contribution in [3.63, 3.8) is 0 Å². The molecule has 0 fully saturated rings. The molecule has 5 nitrogen and oxygen atoms in total. The third-order valence-electron chi connectivity index (χ3n) is 3.77. The fraction of sp³-hybridized carbons (Fsp3) is 0.300. The van der Waals surface area contributed by atoms with Gasteiger partial charge in [-0.15, -0.1) is 0 Å². The zero-order valence-corrected chi connectivity index (χ0v) is 14.7. The molecular weight excluding hydrogens is 316 g/mol. The van der Waals surface area contributed by atoms with Crippen LogP contribution in [0.25, 0.3) is 0 Å². The largest absolute Gasteiger partial charge is 0.497 e. The van der Waals surface area contributed by atoms with Gasteiger partial charge in [-0.1, -0.05) is 12.1 Å². The zero-order valence-electron chi connectivity index (χ0n) is 14.7. The fourth-order valence-corrected chi connectivity index (χ4v) is 2.47. The molecule has 0 saturated heterocycles. The lowest BCUT2D eigenvalue weighted by Crippen LogP contribution is -2.11. The van der Waals surface area contributed by atoms with Gasteiger partial charge in [0.2, 0.25) is 11.8 Å². The van der Waals surface area contributed by atoms with Gasteiger partial charge in [0.1, 0.15) is 5.75 Å². The summed E-state index contributed by atoms with van der Waals surface area (Å²) in [6.07, 6.45) is 3.23. The summed E-state index contributed by atoms with van der Waals surface area (Å²) < 4.78 is 5.14. The number of benzene rings is 2. The predicted octanol–water partition coefficient (Wildman–Crippen LogP) is 4.01. The number of ether oxygens (including phenoxy) is 1. The first-order chi connectivity index (χ1) is 12.1. The maximum atomic E-state index is 12.0. The van der Waals surface area contributed by atoms with Crippen molar-refractivity contribution in [1.82, 2.24) is 0 Å². The second-order valence-electron chi connectivity index (χ2n) is 5.86. The van der Waals surface area contributed by atoms with Crippen LogP contribution >= 0.6 is 0 Å². The molecule has 5 heteroatoms. The van der Waals surface area contributed by atoms with E-state index < -0.39 is 0 Å². The maximum Gasteiger partial charge on any atom is 0.224 e. The van der Waals surface area contributed by atoms with E-state index in [9.17, 15) is 9.59 Å². The van der Waals surface area contributed by atoms with Crippen LogP contribution in [0.3, 0.4) is 0 Å². The SMILES string of the molecule is COc1ccc(CCCCC(=O)Nc2ccc(NC(C)=O)cc2)cc1. The number of carbonyl (C=O) groups excluding carboxylic acids is 2. The number of nitrogens with one attached hydrogen (secondary N) is 2. The first-order valence-electron chi connectivity index (χ1n) is 8.37. The van der Waals surface area contributed by atoms with E-state index in [0.717, 1.165) is 30.7 Å². The Morgan fingerprint density at radius 2 is 1.48 bits per heavy atom. The zero-order chi connectivity index (χ0) is 18.1. The standard InChI is InChI=1S/C20H24N2O3/c1-15(23)21-17-9-11-18(12-10-17)22-20(24)6-4-3-5-16-7-13-19(25-2)14-8-16/h7-14H,3-6H2,1-2H3,(H,21,23)(H,22,24). The summed E-state index contributed by atoms with van der Waals surface area (Å²) in [7, 11) is 1.65. The van der Waals surface area contributed by atoms with E-state index in [1.54, 1.807) is 31.4 Å². The minimum atomic E-state index is -0.117. The van der Waals surface area contributed by atoms with Crippen LogP contribution < -0.4 is 15.4 Å². The van der Waals surface area contributed by atoms with Crippen molar-refractivity contribution in [2.75, 3.05) is 17.7 Å². The Kier molecular flexibility index (Phi) is 7.01. The van der Waals surface area contributed by atoms with Gasteiger partial charge in [-0.05, 0) is 61.2 Å². The number of methoxy groups -OCH3 is 1. The average molecular weight is 340 g/mol. The summed E-state index contributed by atoms with van der Waals surface area (Å²) in [5.74, 6) is 0.739. The van der Waals surface area contributed by atoms with Crippen LogP contribution in [0.15, 0.2) is 48.5 Å². The van der Waals surface area contributed by atoms with Gasteiger partial charge in [0.15, 0.2) is 0 Å². The Morgan fingerprint density at radius 1 is 0.880 bits per heavy atom. The van der Waals surface area contributed by atoms with Crippen molar-refractivity contribution < 1.29 is 14.3 Å². The molecule has 0 atom stereocenters. The smallest absolute Gasteiger partial charge is 0.224 e. The minimum Gasteiger partial charge on any atom is -0.497 e. The van der Waals surface area contributed by atoms with Crippen molar-refractivity contribution >= 4 is 23.2 Å². The molecule has 25 heavy (non-hydrogen) atoms. The number of amides is 2. The molecule has 0 radical (unpaired) electrons. The summed E-state index contributed by atoms with van der Waals surface area (Å²) in [5.41, 5.74) is 2.69. The molecule has 0 aromatic heterocycles. The number of hydrogen-bond donors (Lipinski definition) is 2. The van der Waals surface area contributed by atoms with Crippen molar-refractivity contribution in [3.8, 4) is 5.75 Å². The minimum absolute atomic E-state index is 0.00186. The highest BCUT2D eigenvalue weighted by molar-refractivity contribution is 5.92. The molecule has 2 aromatic carbocycles. The summed E-state index contributed by atoms with van der Waals surface area (Å²) in [5, 5.41) is 5.56. The van der Waals surface area contributed by atoms with E-state index in [4.69, 9.17) is 4.74 Å². The number of anilines is 2. The lowest BCUT2D eigenvalue weighted by Gasteiger charge is -2.07. The van der Waals surface area contributed by atoms with Crippen LogP contribution in [0.5, 0.6) is 5.75 Å². The number of rotatable bonds is 8. The molecule has 0 bridgehead atoms. The summed E-state index contributed by atoms with van der Waals surface area (Å²) in [6, 6.07) is 15.1. The molecule has 0 spiro atoms. The summed E-state index contributed by atoms with van der Waals surface area (Å²) in [4.78, 5) is 22.9. The summed E-state index contributed by atoms with van der Waals surface area (Å²) in [6.45, 7) is 1.46. The normalized spacial score (nSPS) is 10.2. The highest BCUT2D eigenvalue weighted by atomic mass is 16.5. The van der Waals surface area contributed by atoms with E-state index in [1.165, 1.54) is 12.5 Å². The van der Waals surface area contributed by atoms with Crippen LogP contribution in [0, 0.1) is 0 Å². The molecular formula is C20H24N2O3. The van der Waals surface area contributed by atoms with E-state index in [0.29, 0.717) is 12.1 Å². The molecule has 2 N–H and O–H groups in total. The van der Waals surface area contributed by atoms with Crippen LogP contribution in [-0.4, -0.2) is 18.9 Å². The Hall–Kier alpha value is -2.82. The number of hydrogen-bond acceptors (Lipinski definition) is 3. The Bertz CT molecular complexity index is 694. The fourth-order valence-electron chi connectivity index (χ4n) is 2.47. The quantitative estimate of drug-likeness (QED) is 0.714. The van der Waals surface area contributed by atoms with Gasteiger partial charge in [-0.3, -0.25) is 9.59 Å². The van der Waals surface area contributed by atoms with Gasteiger partial charge in [-0.2, -0.15) is 0 Å². The van der Waals surface area contributed by atoms with Crippen LogP contribution in [0.4, 0.5) is 11.4 Å². The third-order valence-corrected chi connectivity index (χ3v) is 3.77. The van der Waals surface area contributed by atoms with Gasteiger partial charge in [0.05, 0.1) is 7.11 Å². The first-order valence-corrected chi connectivity index (χ1v) is 8.37. The van der Waals surface area contributed by atoms with Gasteiger partial charge in [-0.25, -0.2) is 0 Å². The third kappa shape index (κ3) is 6.67. The Balaban J connectivity index is 1.68. The van der Waals surface area contributed by atoms with E-state index >= 15 is 0 Å². The number of unbranched alkanes of at least 4 members (excludes halogenated alkanes) is 1. The Labute approximate surface area is 148 Å². The van der Waals surface area contributed by atoms with Crippen molar-refractivity contribution in [2.45, 2.75) is 32.6 Å². The molecule has 0 saturated carbocycles. The van der Waals surface area contributed by atoms with Gasteiger partial charge in [0.25, 0.3) is 0 Å². The number of aryl methyl sites for hydroxylation is 1. The monoisotopic (exact) mass is 340 g/mol. The lowest BCUT2D eigenvalue weighted by molar-refractivity contribution is -0.116. The molecule has 2 rings (SSSR count). The first kappa shape index (κ1) is 18.5. The van der Waals surface area contributed by atoms with E-state index in [1.807, 2.05) is 12.1 Å². The van der Waals surface area contributed by atoms with E-state index in [2.05, 4.69) is 22.8 Å². The van der Waals surface area contributed by atoms with Gasteiger partial charge < -0.3 is 15.4 Å². The molecule has 2 aromatic rings. The van der Waals surface area contributed by atoms with Crippen LogP contribution in [-0.2, 0) is 16.0 Å². The molecule has 0 aliphatic heterocycles.